The van der Waals surface area contributed by atoms with Gasteiger partial charge in [0.15, 0.2) is 0 Å². The van der Waals surface area contributed by atoms with Gasteiger partial charge in [0, 0.05) is 24.2 Å². The smallest absolute Gasteiger partial charge is 0.270 e. The van der Waals surface area contributed by atoms with Crippen LogP contribution >= 0.6 is 0 Å². The lowest BCUT2D eigenvalue weighted by atomic mass is 10.0. The third-order valence-electron chi connectivity index (χ3n) is 3.62. The molecule has 1 aromatic rings. The van der Waals surface area contributed by atoms with Gasteiger partial charge in [0.1, 0.15) is 0 Å². The Morgan fingerprint density at radius 1 is 1.43 bits per heavy atom. The molecule has 0 aromatic heterocycles. The van der Waals surface area contributed by atoms with Crippen LogP contribution in [0.3, 0.4) is 0 Å². The third-order valence-corrected chi connectivity index (χ3v) is 5.28. The van der Waals surface area contributed by atoms with Crippen molar-refractivity contribution >= 4 is 15.7 Å². The fourth-order valence-corrected chi connectivity index (χ4v) is 4.06. The third kappa shape index (κ3) is 3.78. The zero-order valence-corrected chi connectivity index (χ0v) is 12.8. The largest absolute Gasteiger partial charge is 0.314 e. The maximum absolute atomic E-state index is 12.4. The summed E-state index contributed by atoms with van der Waals surface area (Å²) in [7, 11) is -3.75. The van der Waals surface area contributed by atoms with Gasteiger partial charge in [-0.05, 0) is 38.8 Å². The van der Waals surface area contributed by atoms with Gasteiger partial charge in [0.25, 0.3) is 5.69 Å². The number of nitro benzene ring substituents is 1. The molecular formula is C13H19N3O4S. The second-order valence-electron chi connectivity index (χ2n) is 5.40. The van der Waals surface area contributed by atoms with Gasteiger partial charge in [-0.3, -0.25) is 10.1 Å². The summed E-state index contributed by atoms with van der Waals surface area (Å²) in [4.78, 5) is 10.2. The molecule has 0 radical (unpaired) electrons. The van der Waals surface area contributed by atoms with Crippen LogP contribution < -0.4 is 10.0 Å². The number of nitrogens with zero attached hydrogens (tertiary/aromatic N) is 1. The highest BCUT2D eigenvalue weighted by atomic mass is 32.2. The van der Waals surface area contributed by atoms with Crippen molar-refractivity contribution in [1.29, 1.82) is 0 Å². The summed E-state index contributed by atoms with van der Waals surface area (Å²) in [5.74, 6) is 0. The van der Waals surface area contributed by atoms with E-state index in [1.165, 1.54) is 12.1 Å². The van der Waals surface area contributed by atoms with Crippen LogP contribution in [0.1, 0.15) is 25.3 Å². The van der Waals surface area contributed by atoms with Crippen LogP contribution in [-0.4, -0.2) is 32.0 Å². The van der Waals surface area contributed by atoms with Crippen molar-refractivity contribution < 1.29 is 13.3 Å². The summed E-state index contributed by atoms with van der Waals surface area (Å²) >= 11 is 0. The van der Waals surface area contributed by atoms with Crippen LogP contribution in [0.15, 0.2) is 23.1 Å². The highest BCUT2D eigenvalue weighted by Gasteiger charge is 2.26. The van der Waals surface area contributed by atoms with Crippen LogP contribution in [0.25, 0.3) is 0 Å². The molecule has 0 aliphatic carbocycles. The maximum Gasteiger partial charge on any atom is 0.270 e. The van der Waals surface area contributed by atoms with Gasteiger partial charge >= 0.3 is 0 Å². The Balaban J connectivity index is 2.26. The lowest BCUT2D eigenvalue weighted by molar-refractivity contribution is -0.385. The molecule has 0 bridgehead atoms. The average Bonchev–Trinajstić information content (AvgIpc) is 2.38. The molecular weight excluding hydrogens is 294 g/mol. The number of sulfonamides is 1. The summed E-state index contributed by atoms with van der Waals surface area (Å²) in [5.41, 5.74) is 0.273. The van der Waals surface area contributed by atoms with Gasteiger partial charge in [-0.2, -0.15) is 0 Å². The van der Waals surface area contributed by atoms with Crippen LogP contribution in [0.2, 0.25) is 0 Å². The summed E-state index contributed by atoms with van der Waals surface area (Å²) in [6, 6.07) is 3.98. The SMILES string of the molecule is Cc1ccc([N+](=O)[O-])cc1S(=O)(=O)NC1CCNC(C)C1. The first-order chi connectivity index (χ1) is 9.79. The van der Waals surface area contributed by atoms with Gasteiger partial charge < -0.3 is 5.32 Å². The molecule has 1 saturated heterocycles. The van der Waals surface area contributed by atoms with Crippen molar-refractivity contribution in [2.45, 2.75) is 43.7 Å². The van der Waals surface area contributed by atoms with Crippen molar-refractivity contribution in [3.05, 3.63) is 33.9 Å². The number of rotatable bonds is 4. The molecule has 1 heterocycles. The molecule has 1 fully saturated rings. The highest BCUT2D eigenvalue weighted by Crippen LogP contribution is 2.22. The second kappa shape index (κ2) is 6.08. The standard InChI is InChI=1S/C13H19N3O4S/c1-9-3-4-12(16(17)18)8-13(9)21(19,20)15-11-5-6-14-10(2)7-11/h3-4,8,10-11,14-15H,5-7H2,1-2H3. The number of nitro groups is 1. The Labute approximate surface area is 123 Å². The van der Waals surface area contributed by atoms with Gasteiger partial charge in [0.2, 0.25) is 10.0 Å². The summed E-state index contributed by atoms with van der Waals surface area (Å²) in [5, 5.41) is 14.1. The van der Waals surface area contributed by atoms with Crippen LogP contribution in [0.5, 0.6) is 0 Å². The summed E-state index contributed by atoms with van der Waals surface area (Å²) < 4.78 is 27.6. The minimum absolute atomic E-state index is 0.0251. The van der Waals surface area contributed by atoms with Crippen molar-refractivity contribution in [3.63, 3.8) is 0 Å². The quantitative estimate of drug-likeness (QED) is 0.645. The second-order valence-corrected chi connectivity index (χ2v) is 7.09. The van der Waals surface area contributed by atoms with E-state index in [1.54, 1.807) is 6.92 Å². The molecule has 1 aromatic carbocycles. The van der Waals surface area contributed by atoms with Crippen molar-refractivity contribution in [3.8, 4) is 0 Å². The van der Waals surface area contributed by atoms with Gasteiger partial charge in [-0.15, -0.1) is 0 Å². The lowest BCUT2D eigenvalue weighted by Gasteiger charge is -2.28. The molecule has 1 aliphatic rings. The van der Waals surface area contributed by atoms with Crippen molar-refractivity contribution in [2.24, 2.45) is 0 Å². The van der Waals surface area contributed by atoms with E-state index in [0.717, 1.165) is 12.6 Å². The molecule has 0 spiro atoms. The van der Waals surface area contributed by atoms with E-state index in [9.17, 15) is 18.5 Å². The highest BCUT2D eigenvalue weighted by molar-refractivity contribution is 7.89. The van der Waals surface area contributed by atoms with Gasteiger partial charge in [0.05, 0.1) is 9.82 Å². The van der Waals surface area contributed by atoms with Crippen molar-refractivity contribution in [2.75, 3.05) is 6.54 Å². The normalized spacial score (nSPS) is 23.0. The predicted octanol–water partition coefficient (Wildman–Crippen LogP) is 1.32. The Morgan fingerprint density at radius 3 is 2.76 bits per heavy atom. The Morgan fingerprint density at radius 2 is 2.14 bits per heavy atom. The number of nitrogens with one attached hydrogen (secondary N) is 2. The molecule has 116 valence electrons. The van der Waals surface area contributed by atoms with Gasteiger partial charge in [-0.25, -0.2) is 13.1 Å². The van der Waals surface area contributed by atoms with E-state index < -0.39 is 14.9 Å². The summed E-state index contributed by atoms with van der Waals surface area (Å²) in [6.45, 7) is 4.38. The fraction of sp³-hybridized carbons (Fsp3) is 0.538. The Kier molecular flexibility index (Phi) is 4.60. The first-order valence-corrected chi connectivity index (χ1v) is 8.28. The molecule has 7 nitrogen and oxygen atoms in total. The molecule has 21 heavy (non-hydrogen) atoms. The lowest BCUT2D eigenvalue weighted by Crippen LogP contribution is -2.46. The molecule has 0 amide bonds. The van der Waals surface area contributed by atoms with Crippen LogP contribution in [-0.2, 0) is 10.0 Å². The Bertz CT molecular complexity index is 645. The number of hydrogen-bond donors (Lipinski definition) is 2. The summed E-state index contributed by atoms with van der Waals surface area (Å²) in [6.07, 6.45) is 1.41. The van der Waals surface area contributed by atoms with Gasteiger partial charge in [-0.1, -0.05) is 6.07 Å². The van der Waals surface area contributed by atoms with E-state index >= 15 is 0 Å². The molecule has 2 atom stereocenters. The number of aryl methyl sites for hydroxylation is 1. The molecule has 1 aliphatic heterocycles. The molecule has 2 rings (SSSR count). The van der Waals surface area contributed by atoms with E-state index in [0.29, 0.717) is 18.4 Å². The maximum atomic E-state index is 12.4. The molecule has 0 saturated carbocycles. The first kappa shape index (κ1) is 15.9. The zero-order chi connectivity index (χ0) is 15.6. The van der Waals surface area contributed by atoms with Crippen LogP contribution in [0, 0.1) is 17.0 Å². The molecule has 2 N–H and O–H groups in total. The van der Waals surface area contributed by atoms with E-state index in [2.05, 4.69) is 10.0 Å². The predicted molar refractivity (Wildman–Crippen MR) is 78.6 cm³/mol. The number of non-ortho nitro benzene ring substituents is 1. The number of piperidine rings is 1. The zero-order valence-electron chi connectivity index (χ0n) is 12.0. The molecule has 8 heteroatoms. The topological polar surface area (TPSA) is 101 Å². The Hall–Kier alpha value is -1.51. The van der Waals surface area contributed by atoms with Crippen LogP contribution in [0.4, 0.5) is 5.69 Å². The van der Waals surface area contributed by atoms with E-state index in [-0.39, 0.29) is 22.7 Å². The fourth-order valence-electron chi connectivity index (χ4n) is 2.51. The number of hydrogen-bond acceptors (Lipinski definition) is 5. The minimum atomic E-state index is -3.75. The molecule has 2 unspecified atom stereocenters. The number of benzene rings is 1. The minimum Gasteiger partial charge on any atom is -0.314 e. The first-order valence-electron chi connectivity index (χ1n) is 6.80. The van der Waals surface area contributed by atoms with E-state index in [1.807, 2.05) is 6.92 Å². The monoisotopic (exact) mass is 313 g/mol. The average molecular weight is 313 g/mol. The van der Waals surface area contributed by atoms with Crippen molar-refractivity contribution in [1.82, 2.24) is 10.0 Å². The van der Waals surface area contributed by atoms with E-state index in [4.69, 9.17) is 0 Å².